The fourth-order valence-corrected chi connectivity index (χ4v) is 0.583. The van der Waals surface area contributed by atoms with Crippen LogP contribution in [0.3, 0.4) is 0 Å². The van der Waals surface area contributed by atoms with Gasteiger partial charge in [-0.2, -0.15) is 0 Å². The lowest BCUT2D eigenvalue weighted by Crippen LogP contribution is -1.75. The fraction of sp³-hybridized carbons (Fsp3) is 0. The predicted octanol–water partition coefficient (Wildman–Crippen LogP) is 0.418. The summed E-state index contributed by atoms with van der Waals surface area (Å²) in [6.07, 6.45) is 5.52. The quantitative estimate of drug-likeness (QED) is 0.505. The van der Waals surface area contributed by atoms with Crippen molar-refractivity contribution in [2.75, 3.05) is 0 Å². The van der Waals surface area contributed by atoms with Crippen molar-refractivity contribution in [2.24, 2.45) is 0 Å². The molecule has 0 spiro atoms. The Morgan fingerprint density at radius 1 is 1.56 bits per heavy atom. The van der Waals surface area contributed by atoms with Crippen LogP contribution in [-0.2, 0) is 0 Å². The van der Waals surface area contributed by atoms with Gasteiger partial charge >= 0.3 is 0 Å². The Kier molecular flexibility index (Phi) is 0.745. The van der Waals surface area contributed by atoms with Crippen molar-refractivity contribution in [1.29, 1.82) is 0 Å². The summed E-state index contributed by atoms with van der Waals surface area (Å²) in [6, 6.07) is 0. The second-order valence-corrected chi connectivity index (χ2v) is 1.54. The molecular formula is C5H2N3O. The van der Waals surface area contributed by atoms with Gasteiger partial charge in [-0.1, -0.05) is 5.16 Å². The summed E-state index contributed by atoms with van der Waals surface area (Å²) >= 11 is 0. The van der Waals surface area contributed by atoms with Crippen LogP contribution in [0.25, 0.3) is 11.0 Å². The van der Waals surface area contributed by atoms with Crippen LogP contribution in [0.1, 0.15) is 0 Å². The molecule has 0 aliphatic carbocycles. The van der Waals surface area contributed by atoms with E-state index in [0.29, 0.717) is 11.0 Å². The zero-order valence-corrected chi connectivity index (χ0v) is 4.40. The van der Waals surface area contributed by atoms with Crippen LogP contribution >= 0.6 is 0 Å². The topological polar surface area (TPSA) is 51.8 Å². The first kappa shape index (κ1) is 4.43. The average Bonchev–Trinajstić information content (AvgIpc) is 2.33. The molecule has 0 unspecified atom stereocenters. The highest BCUT2D eigenvalue weighted by Crippen LogP contribution is 2.02. The summed E-state index contributed by atoms with van der Waals surface area (Å²) in [4.78, 5) is 7.54. The van der Waals surface area contributed by atoms with Crippen molar-refractivity contribution in [1.82, 2.24) is 15.1 Å². The summed E-state index contributed by atoms with van der Waals surface area (Å²) in [5.41, 5.74) is 0.546. The van der Waals surface area contributed by atoms with Crippen LogP contribution in [0, 0.1) is 6.26 Å². The lowest BCUT2D eigenvalue weighted by molar-refractivity contribution is 0.420. The molecule has 0 aromatic carbocycles. The maximum absolute atomic E-state index is 4.49. The van der Waals surface area contributed by atoms with E-state index in [1.165, 1.54) is 6.33 Å². The SMILES string of the molecule is [c]1onc2ncncc12. The first-order valence-corrected chi connectivity index (χ1v) is 2.40. The minimum absolute atomic E-state index is 0.546. The normalized spacial score (nSPS) is 10.2. The minimum Gasteiger partial charge on any atom is -0.350 e. The molecule has 43 valence electrons. The smallest absolute Gasteiger partial charge is 0.216 e. The maximum atomic E-state index is 4.49. The minimum atomic E-state index is 0.546. The van der Waals surface area contributed by atoms with Gasteiger partial charge in [0, 0.05) is 6.20 Å². The van der Waals surface area contributed by atoms with Gasteiger partial charge in [0.05, 0.1) is 5.39 Å². The monoisotopic (exact) mass is 120 g/mol. The van der Waals surface area contributed by atoms with Crippen LogP contribution in [0.15, 0.2) is 17.0 Å². The molecule has 2 rings (SSSR count). The van der Waals surface area contributed by atoms with Gasteiger partial charge in [0.1, 0.15) is 6.33 Å². The molecule has 0 saturated carbocycles. The zero-order chi connectivity index (χ0) is 6.10. The van der Waals surface area contributed by atoms with Crippen LogP contribution in [-0.4, -0.2) is 15.1 Å². The van der Waals surface area contributed by atoms with E-state index < -0.39 is 0 Å². The van der Waals surface area contributed by atoms with Gasteiger partial charge in [-0.15, -0.1) is 0 Å². The molecule has 4 nitrogen and oxygen atoms in total. The predicted molar refractivity (Wildman–Crippen MR) is 28.4 cm³/mol. The molecule has 0 N–H and O–H groups in total. The number of hydrogen-bond acceptors (Lipinski definition) is 4. The number of rotatable bonds is 0. The highest BCUT2D eigenvalue weighted by molar-refractivity contribution is 5.70. The van der Waals surface area contributed by atoms with E-state index in [2.05, 4.69) is 25.9 Å². The first-order chi connectivity index (χ1) is 4.47. The Morgan fingerprint density at radius 2 is 2.56 bits per heavy atom. The molecular weight excluding hydrogens is 118 g/mol. The number of aromatic nitrogens is 3. The molecule has 0 aliphatic rings. The highest BCUT2D eigenvalue weighted by atomic mass is 16.5. The summed E-state index contributed by atoms with van der Waals surface area (Å²) in [7, 11) is 0. The van der Waals surface area contributed by atoms with Gasteiger partial charge < -0.3 is 4.52 Å². The Labute approximate surface area is 50.5 Å². The molecule has 2 heterocycles. The molecule has 0 amide bonds. The van der Waals surface area contributed by atoms with Crippen LogP contribution < -0.4 is 0 Å². The third-order valence-corrected chi connectivity index (χ3v) is 0.979. The van der Waals surface area contributed by atoms with Crippen molar-refractivity contribution in [3.8, 4) is 0 Å². The van der Waals surface area contributed by atoms with E-state index in [1.54, 1.807) is 6.20 Å². The molecule has 4 heteroatoms. The van der Waals surface area contributed by atoms with Crippen molar-refractivity contribution >= 4 is 11.0 Å². The third kappa shape index (κ3) is 0.561. The maximum Gasteiger partial charge on any atom is 0.216 e. The number of hydrogen-bond donors (Lipinski definition) is 0. The third-order valence-electron chi connectivity index (χ3n) is 0.979. The lowest BCUT2D eigenvalue weighted by atomic mass is 10.5. The molecule has 1 radical (unpaired) electrons. The molecule has 2 aromatic rings. The molecule has 0 aliphatic heterocycles. The van der Waals surface area contributed by atoms with Crippen LogP contribution in [0.2, 0.25) is 0 Å². The Bertz CT molecular complexity index is 286. The average molecular weight is 120 g/mol. The van der Waals surface area contributed by atoms with Gasteiger partial charge in [0.15, 0.2) is 0 Å². The standard InChI is InChI=1S/C5H2N3O/c1-4-2-9-8-5(4)7-3-6-1/h1,3H. The first-order valence-electron chi connectivity index (χ1n) is 2.40. The Hall–Kier alpha value is -1.45. The summed E-state index contributed by atoms with van der Waals surface area (Å²) in [5.74, 6) is 0. The second kappa shape index (κ2) is 1.51. The van der Waals surface area contributed by atoms with E-state index in [9.17, 15) is 0 Å². The molecule has 0 fully saturated rings. The Balaban J connectivity index is 2.95. The summed E-state index contributed by atoms with van der Waals surface area (Å²) in [5, 5.41) is 4.24. The highest BCUT2D eigenvalue weighted by Gasteiger charge is 1.95. The van der Waals surface area contributed by atoms with E-state index in [-0.39, 0.29) is 0 Å². The van der Waals surface area contributed by atoms with Crippen LogP contribution in [0.4, 0.5) is 0 Å². The van der Waals surface area contributed by atoms with E-state index in [4.69, 9.17) is 0 Å². The fourth-order valence-electron chi connectivity index (χ4n) is 0.583. The van der Waals surface area contributed by atoms with Gasteiger partial charge in [0.25, 0.3) is 0 Å². The molecule has 0 bridgehead atoms. The van der Waals surface area contributed by atoms with Crippen molar-refractivity contribution in [2.45, 2.75) is 0 Å². The van der Waals surface area contributed by atoms with Crippen LogP contribution in [0.5, 0.6) is 0 Å². The van der Waals surface area contributed by atoms with Gasteiger partial charge in [-0.05, 0) is 0 Å². The molecule has 0 saturated heterocycles. The zero-order valence-electron chi connectivity index (χ0n) is 4.40. The summed E-state index contributed by atoms with van der Waals surface area (Å²) in [6.45, 7) is 0. The Morgan fingerprint density at radius 3 is 3.44 bits per heavy atom. The second-order valence-electron chi connectivity index (χ2n) is 1.54. The number of nitrogens with zero attached hydrogens (tertiary/aromatic N) is 3. The van der Waals surface area contributed by atoms with E-state index in [1.807, 2.05) is 0 Å². The largest absolute Gasteiger partial charge is 0.350 e. The lowest BCUT2D eigenvalue weighted by Gasteiger charge is -1.76. The molecule has 2 aromatic heterocycles. The molecule has 0 atom stereocenters. The molecule has 9 heavy (non-hydrogen) atoms. The van der Waals surface area contributed by atoms with Crippen molar-refractivity contribution < 1.29 is 4.52 Å². The number of fused-ring (bicyclic) bond motifs is 1. The van der Waals surface area contributed by atoms with E-state index in [0.717, 1.165) is 0 Å². The van der Waals surface area contributed by atoms with Crippen molar-refractivity contribution in [3.63, 3.8) is 0 Å². The van der Waals surface area contributed by atoms with Gasteiger partial charge in [-0.3, -0.25) is 0 Å². The van der Waals surface area contributed by atoms with Crippen molar-refractivity contribution in [3.05, 3.63) is 18.8 Å². The van der Waals surface area contributed by atoms with Gasteiger partial charge in [-0.25, -0.2) is 9.97 Å². The summed E-state index contributed by atoms with van der Waals surface area (Å²) < 4.78 is 4.49. The van der Waals surface area contributed by atoms with E-state index >= 15 is 0 Å². The van der Waals surface area contributed by atoms with Gasteiger partial charge in [0.2, 0.25) is 11.9 Å².